The summed E-state index contributed by atoms with van der Waals surface area (Å²) in [5, 5.41) is 0. The van der Waals surface area contributed by atoms with Crippen molar-refractivity contribution < 1.29 is 4.74 Å². The van der Waals surface area contributed by atoms with Gasteiger partial charge in [-0.3, -0.25) is 0 Å². The summed E-state index contributed by atoms with van der Waals surface area (Å²) in [5.74, 6) is 0.888. The Bertz CT molecular complexity index is 434. The number of hydrogen-bond donors (Lipinski definition) is 0. The maximum absolute atomic E-state index is 5.12. The predicted molar refractivity (Wildman–Crippen MR) is 61.8 cm³/mol. The molecule has 0 bridgehead atoms. The van der Waals surface area contributed by atoms with E-state index in [0.29, 0.717) is 0 Å². The van der Waals surface area contributed by atoms with Gasteiger partial charge < -0.3 is 9.30 Å². The van der Waals surface area contributed by atoms with Gasteiger partial charge in [-0.1, -0.05) is 0 Å². The van der Waals surface area contributed by atoms with Gasteiger partial charge in [0.25, 0.3) is 0 Å². The maximum atomic E-state index is 5.12. The molecule has 78 valence electrons. The normalized spacial score (nSPS) is 10.3. The molecule has 0 fully saturated rings. The molecule has 1 heterocycles. The summed E-state index contributed by atoms with van der Waals surface area (Å²) in [4.78, 5) is 0. The Kier molecular flexibility index (Phi) is 2.50. The number of methoxy groups -OCH3 is 1. The number of nitrogens with zero attached hydrogens (tertiary/aromatic N) is 1. The van der Waals surface area contributed by atoms with Crippen molar-refractivity contribution in [2.24, 2.45) is 0 Å². The number of aryl methyl sites for hydroxylation is 2. The van der Waals surface area contributed by atoms with Crippen molar-refractivity contribution in [3.05, 3.63) is 47.8 Å². The zero-order valence-electron chi connectivity index (χ0n) is 9.32. The summed E-state index contributed by atoms with van der Waals surface area (Å²) >= 11 is 0. The van der Waals surface area contributed by atoms with Gasteiger partial charge in [-0.25, -0.2) is 0 Å². The van der Waals surface area contributed by atoms with Gasteiger partial charge in [0, 0.05) is 18.1 Å². The molecule has 2 heteroatoms. The van der Waals surface area contributed by atoms with Crippen molar-refractivity contribution in [3.8, 4) is 11.4 Å². The van der Waals surface area contributed by atoms with Gasteiger partial charge in [0.05, 0.1) is 7.11 Å². The van der Waals surface area contributed by atoms with Gasteiger partial charge in [0.15, 0.2) is 0 Å². The Morgan fingerprint density at radius 3 is 1.93 bits per heavy atom. The average molecular weight is 201 g/mol. The van der Waals surface area contributed by atoms with Crippen LogP contribution in [0.1, 0.15) is 11.1 Å². The van der Waals surface area contributed by atoms with Gasteiger partial charge in [-0.15, -0.1) is 0 Å². The van der Waals surface area contributed by atoms with E-state index in [9.17, 15) is 0 Å². The standard InChI is InChI=1S/C13H15NO/c1-10-8-14(9-11(10)2)12-4-6-13(15-3)7-5-12/h4-9H,1-3H3. The highest BCUT2D eigenvalue weighted by Gasteiger charge is 2.00. The molecule has 2 aromatic rings. The first-order chi connectivity index (χ1) is 7.20. The van der Waals surface area contributed by atoms with Crippen molar-refractivity contribution >= 4 is 0 Å². The summed E-state index contributed by atoms with van der Waals surface area (Å²) < 4.78 is 7.25. The Morgan fingerprint density at radius 2 is 1.47 bits per heavy atom. The monoisotopic (exact) mass is 201 g/mol. The third kappa shape index (κ3) is 1.89. The molecule has 0 saturated carbocycles. The van der Waals surface area contributed by atoms with E-state index >= 15 is 0 Å². The molecule has 0 aliphatic heterocycles. The van der Waals surface area contributed by atoms with Crippen molar-refractivity contribution in [2.75, 3.05) is 7.11 Å². The molecule has 0 unspecified atom stereocenters. The predicted octanol–water partition coefficient (Wildman–Crippen LogP) is 3.10. The molecule has 0 aliphatic rings. The van der Waals surface area contributed by atoms with Gasteiger partial charge >= 0.3 is 0 Å². The average Bonchev–Trinajstić information content (AvgIpc) is 2.59. The summed E-state index contributed by atoms with van der Waals surface area (Å²) in [6.07, 6.45) is 4.27. The van der Waals surface area contributed by atoms with Crippen LogP contribution in [-0.4, -0.2) is 11.7 Å². The van der Waals surface area contributed by atoms with E-state index in [-0.39, 0.29) is 0 Å². The van der Waals surface area contributed by atoms with Crippen LogP contribution in [0.2, 0.25) is 0 Å². The van der Waals surface area contributed by atoms with Crippen molar-refractivity contribution in [1.82, 2.24) is 4.57 Å². The summed E-state index contributed by atoms with van der Waals surface area (Å²) in [6.45, 7) is 4.24. The number of hydrogen-bond acceptors (Lipinski definition) is 1. The molecule has 2 nitrogen and oxygen atoms in total. The van der Waals surface area contributed by atoms with Crippen molar-refractivity contribution in [1.29, 1.82) is 0 Å². The number of rotatable bonds is 2. The first-order valence-electron chi connectivity index (χ1n) is 5.00. The summed E-state index contributed by atoms with van der Waals surface area (Å²) in [7, 11) is 1.68. The minimum atomic E-state index is 0.888. The third-order valence-corrected chi connectivity index (χ3v) is 2.66. The molecule has 15 heavy (non-hydrogen) atoms. The molecular weight excluding hydrogens is 186 g/mol. The van der Waals surface area contributed by atoms with E-state index < -0.39 is 0 Å². The molecule has 0 aliphatic carbocycles. The molecular formula is C13H15NO. The fourth-order valence-corrected chi connectivity index (χ4v) is 1.56. The van der Waals surface area contributed by atoms with Crippen LogP contribution >= 0.6 is 0 Å². The highest BCUT2D eigenvalue weighted by molar-refractivity contribution is 5.40. The van der Waals surface area contributed by atoms with Gasteiger partial charge in [-0.05, 0) is 49.2 Å². The second kappa shape index (κ2) is 3.81. The lowest BCUT2D eigenvalue weighted by Gasteiger charge is -2.04. The van der Waals surface area contributed by atoms with Crippen LogP contribution in [0.15, 0.2) is 36.7 Å². The van der Waals surface area contributed by atoms with Gasteiger partial charge in [-0.2, -0.15) is 0 Å². The fraction of sp³-hybridized carbons (Fsp3) is 0.231. The highest BCUT2D eigenvalue weighted by Crippen LogP contribution is 2.17. The largest absolute Gasteiger partial charge is 0.497 e. The van der Waals surface area contributed by atoms with Crippen LogP contribution in [0.25, 0.3) is 5.69 Å². The minimum absolute atomic E-state index is 0.888. The quantitative estimate of drug-likeness (QED) is 0.728. The smallest absolute Gasteiger partial charge is 0.119 e. The van der Waals surface area contributed by atoms with Crippen LogP contribution in [0, 0.1) is 13.8 Å². The number of ether oxygens (including phenoxy) is 1. The first kappa shape index (κ1) is 9.84. The Balaban J connectivity index is 2.37. The Labute approximate surface area is 90.1 Å². The second-order valence-corrected chi connectivity index (χ2v) is 3.73. The third-order valence-electron chi connectivity index (χ3n) is 2.66. The molecule has 0 saturated heterocycles. The zero-order chi connectivity index (χ0) is 10.8. The molecule has 0 N–H and O–H groups in total. The lowest BCUT2D eigenvalue weighted by molar-refractivity contribution is 0.415. The Morgan fingerprint density at radius 1 is 0.933 bits per heavy atom. The van der Waals surface area contributed by atoms with E-state index in [1.54, 1.807) is 7.11 Å². The zero-order valence-corrected chi connectivity index (χ0v) is 9.32. The minimum Gasteiger partial charge on any atom is -0.497 e. The molecule has 0 atom stereocenters. The molecule has 0 amide bonds. The van der Waals surface area contributed by atoms with Crippen molar-refractivity contribution in [3.63, 3.8) is 0 Å². The highest BCUT2D eigenvalue weighted by atomic mass is 16.5. The summed E-state index contributed by atoms with van der Waals surface area (Å²) in [5.41, 5.74) is 3.78. The van der Waals surface area contributed by atoms with E-state index in [0.717, 1.165) is 11.4 Å². The van der Waals surface area contributed by atoms with E-state index in [1.807, 2.05) is 12.1 Å². The van der Waals surface area contributed by atoms with E-state index in [4.69, 9.17) is 4.74 Å². The lowest BCUT2D eigenvalue weighted by atomic mass is 10.2. The van der Waals surface area contributed by atoms with Crippen LogP contribution in [0.4, 0.5) is 0 Å². The van der Waals surface area contributed by atoms with Crippen molar-refractivity contribution in [2.45, 2.75) is 13.8 Å². The van der Waals surface area contributed by atoms with Crippen LogP contribution in [0.5, 0.6) is 5.75 Å². The molecule has 0 spiro atoms. The number of aromatic nitrogens is 1. The summed E-state index contributed by atoms with van der Waals surface area (Å²) in [6, 6.07) is 8.05. The topological polar surface area (TPSA) is 14.2 Å². The maximum Gasteiger partial charge on any atom is 0.119 e. The van der Waals surface area contributed by atoms with Gasteiger partial charge in [0.2, 0.25) is 0 Å². The first-order valence-corrected chi connectivity index (χ1v) is 5.00. The molecule has 1 aromatic carbocycles. The van der Waals surface area contributed by atoms with E-state index in [1.165, 1.54) is 11.1 Å². The Hall–Kier alpha value is -1.70. The van der Waals surface area contributed by atoms with Crippen LogP contribution in [0.3, 0.4) is 0 Å². The second-order valence-electron chi connectivity index (χ2n) is 3.73. The number of benzene rings is 1. The molecule has 1 aromatic heterocycles. The lowest BCUT2D eigenvalue weighted by Crippen LogP contribution is -1.89. The van der Waals surface area contributed by atoms with Gasteiger partial charge in [0.1, 0.15) is 5.75 Å². The molecule has 2 rings (SSSR count). The van der Waals surface area contributed by atoms with Crippen LogP contribution < -0.4 is 4.74 Å². The SMILES string of the molecule is COc1ccc(-n2cc(C)c(C)c2)cc1. The van der Waals surface area contributed by atoms with Crippen LogP contribution in [-0.2, 0) is 0 Å². The van der Waals surface area contributed by atoms with E-state index in [2.05, 4.69) is 42.9 Å². The molecule has 0 radical (unpaired) electrons. The fourth-order valence-electron chi connectivity index (χ4n) is 1.56.